The summed E-state index contributed by atoms with van der Waals surface area (Å²) in [6, 6.07) is 11.2. The zero-order valence-corrected chi connectivity index (χ0v) is 15.8. The quantitative estimate of drug-likeness (QED) is 0.852. The second-order valence-corrected chi connectivity index (χ2v) is 7.43. The highest BCUT2D eigenvalue weighted by molar-refractivity contribution is 6.32. The van der Waals surface area contributed by atoms with Crippen molar-refractivity contribution in [2.24, 2.45) is 0 Å². The Hall–Kier alpha value is -2.60. The van der Waals surface area contributed by atoms with Crippen LogP contribution in [0.1, 0.15) is 19.4 Å². The number of benzene rings is 2. The van der Waals surface area contributed by atoms with E-state index in [0.29, 0.717) is 23.0 Å². The number of nitrogens with zero attached hydrogens (tertiary/aromatic N) is 1. The lowest BCUT2D eigenvalue weighted by atomic mass is 9.84. The first-order valence-electron chi connectivity index (χ1n) is 8.52. The van der Waals surface area contributed by atoms with Crippen LogP contribution in [-0.2, 0) is 15.0 Å². The number of nitrogens with one attached hydrogen (secondary N) is 1. The van der Waals surface area contributed by atoms with Gasteiger partial charge in [0.15, 0.2) is 12.4 Å². The number of ether oxygens (including phenoxy) is 1. The molecule has 27 heavy (non-hydrogen) atoms. The molecule has 0 spiro atoms. The van der Waals surface area contributed by atoms with Crippen molar-refractivity contribution in [2.45, 2.75) is 19.3 Å². The number of hydrogen-bond donors (Lipinski definition) is 1. The lowest BCUT2D eigenvalue weighted by molar-refractivity contribution is -0.125. The maximum absolute atomic E-state index is 13.1. The average Bonchev–Trinajstić information content (AvgIpc) is 2.63. The number of carbonyl (C=O) groups excluding carboxylic acids is 2. The van der Waals surface area contributed by atoms with E-state index in [0.717, 1.165) is 5.56 Å². The van der Waals surface area contributed by atoms with Crippen molar-refractivity contribution in [3.8, 4) is 5.75 Å². The van der Waals surface area contributed by atoms with Crippen molar-refractivity contribution < 1.29 is 18.7 Å². The van der Waals surface area contributed by atoms with Crippen molar-refractivity contribution in [1.29, 1.82) is 0 Å². The predicted molar refractivity (Wildman–Crippen MR) is 102 cm³/mol. The minimum atomic E-state index is -0.389. The van der Waals surface area contributed by atoms with Gasteiger partial charge in [0.1, 0.15) is 12.4 Å². The number of hydrogen-bond acceptors (Lipinski definition) is 3. The van der Waals surface area contributed by atoms with Crippen LogP contribution >= 0.6 is 11.6 Å². The predicted octanol–water partition coefficient (Wildman–Crippen LogP) is 3.30. The standard InChI is InChI=1S/C20H20ClFN2O3/c1-20(2,13-6-8-14(22)9-7-13)12-23-17(25)10-24-16-5-3-4-15(21)19(16)27-11-18(24)26/h3-9H,10-12H2,1-2H3,(H,23,25). The average molecular weight is 391 g/mol. The van der Waals surface area contributed by atoms with E-state index >= 15 is 0 Å². The Bertz CT molecular complexity index is 868. The summed E-state index contributed by atoms with van der Waals surface area (Å²) in [5.74, 6) is -0.510. The van der Waals surface area contributed by atoms with Crippen molar-refractivity contribution in [3.05, 3.63) is 58.9 Å². The molecule has 2 aromatic carbocycles. The highest BCUT2D eigenvalue weighted by Crippen LogP contribution is 2.37. The number of para-hydroxylation sites is 1. The summed E-state index contributed by atoms with van der Waals surface area (Å²) in [5, 5.41) is 3.24. The third-order valence-electron chi connectivity index (χ3n) is 4.53. The molecule has 0 aromatic heterocycles. The van der Waals surface area contributed by atoms with Gasteiger partial charge in [-0.05, 0) is 29.8 Å². The van der Waals surface area contributed by atoms with Crippen molar-refractivity contribution in [3.63, 3.8) is 0 Å². The maximum atomic E-state index is 13.1. The normalized spacial score (nSPS) is 13.8. The van der Waals surface area contributed by atoms with Crippen LogP contribution in [0.25, 0.3) is 0 Å². The van der Waals surface area contributed by atoms with E-state index in [9.17, 15) is 14.0 Å². The molecule has 2 aromatic rings. The molecular weight excluding hydrogens is 371 g/mol. The molecule has 1 aliphatic heterocycles. The summed E-state index contributed by atoms with van der Waals surface area (Å²) < 4.78 is 18.5. The Kier molecular flexibility index (Phi) is 5.37. The highest BCUT2D eigenvalue weighted by atomic mass is 35.5. The maximum Gasteiger partial charge on any atom is 0.265 e. The van der Waals surface area contributed by atoms with Gasteiger partial charge in [0.25, 0.3) is 5.91 Å². The summed E-state index contributed by atoms with van der Waals surface area (Å²) in [6.07, 6.45) is 0. The Morgan fingerprint density at radius 3 is 2.67 bits per heavy atom. The fraction of sp³-hybridized carbons (Fsp3) is 0.300. The number of amides is 2. The van der Waals surface area contributed by atoms with Crippen LogP contribution in [0.2, 0.25) is 5.02 Å². The van der Waals surface area contributed by atoms with E-state index in [4.69, 9.17) is 16.3 Å². The topological polar surface area (TPSA) is 58.6 Å². The zero-order chi connectivity index (χ0) is 19.6. The molecule has 1 heterocycles. The molecule has 0 saturated heterocycles. The van der Waals surface area contributed by atoms with Crippen molar-refractivity contribution in [1.82, 2.24) is 5.32 Å². The first kappa shape index (κ1) is 19.2. The summed E-state index contributed by atoms with van der Waals surface area (Å²) in [6.45, 7) is 3.96. The lowest BCUT2D eigenvalue weighted by Gasteiger charge is -2.30. The van der Waals surface area contributed by atoms with Crippen molar-refractivity contribution in [2.75, 3.05) is 24.6 Å². The van der Waals surface area contributed by atoms with Crippen molar-refractivity contribution >= 4 is 29.1 Å². The van der Waals surface area contributed by atoms with Gasteiger partial charge < -0.3 is 10.1 Å². The molecule has 142 valence electrons. The molecule has 2 amide bonds. The van der Waals surface area contributed by atoms with E-state index in [1.54, 1.807) is 30.3 Å². The fourth-order valence-corrected chi connectivity index (χ4v) is 3.12. The van der Waals surface area contributed by atoms with Gasteiger partial charge in [-0.3, -0.25) is 14.5 Å². The lowest BCUT2D eigenvalue weighted by Crippen LogP contribution is -2.47. The number of halogens is 2. The highest BCUT2D eigenvalue weighted by Gasteiger charge is 2.29. The summed E-state index contributed by atoms with van der Waals surface area (Å²) in [5.41, 5.74) is 0.995. The van der Waals surface area contributed by atoms with Gasteiger partial charge in [0.05, 0.1) is 10.7 Å². The van der Waals surface area contributed by atoms with E-state index in [-0.39, 0.29) is 36.2 Å². The van der Waals surface area contributed by atoms with Crippen LogP contribution in [0.3, 0.4) is 0 Å². The van der Waals surface area contributed by atoms with Crippen LogP contribution in [0.5, 0.6) is 5.75 Å². The molecule has 0 bridgehead atoms. The minimum absolute atomic E-state index is 0.130. The molecule has 1 N–H and O–H groups in total. The van der Waals surface area contributed by atoms with Gasteiger partial charge in [-0.15, -0.1) is 0 Å². The first-order valence-corrected chi connectivity index (χ1v) is 8.90. The van der Waals surface area contributed by atoms with Gasteiger partial charge in [0.2, 0.25) is 5.91 Å². The molecule has 1 aliphatic rings. The molecule has 0 unspecified atom stereocenters. The molecular formula is C20H20ClFN2O3. The Morgan fingerprint density at radius 2 is 1.96 bits per heavy atom. The second kappa shape index (κ2) is 7.56. The largest absolute Gasteiger partial charge is 0.480 e. The number of fused-ring (bicyclic) bond motifs is 1. The molecule has 0 radical (unpaired) electrons. The molecule has 7 heteroatoms. The number of anilines is 1. The summed E-state index contributed by atoms with van der Waals surface area (Å²) in [7, 11) is 0. The molecule has 5 nitrogen and oxygen atoms in total. The molecule has 0 atom stereocenters. The zero-order valence-electron chi connectivity index (χ0n) is 15.1. The van der Waals surface area contributed by atoms with Crippen LogP contribution < -0.4 is 15.0 Å². The molecule has 3 rings (SSSR count). The molecule has 0 fully saturated rings. The summed E-state index contributed by atoms with van der Waals surface area (Å²) in [4.78, 5) is 26.0. The third kappa shape index (κ3) is 4.22. The Morgan fingerprint density at radius 1 is 1.26 bits per heavy atom. The van der Waals surface area contributed by atoms with Gasteiger partial charge in [0, 0.05) is 12.0 Å². The number of carbonyl (C=O) groups is 2. The Balaban J connectivity index is 1.67. The number of rotatable bonds is 5. The van der Waals surface area contributed by atoms with Gasteiger partial charge >= 0.3 is 0 Å². The first-order chi connectivity index (χ1) is 12.8. The van der Waals surface area contributed by atoms with E-state index in [2.05, 4.69) is 5.32 Å². The Labute approximate surface area is 162 Å². The van der Waals surface area contributed by atoms with Crippen LogP contribution in [-0.4, -0.2) is 31.5 Å². The minimum Gasteiger partial charge on any atom is -0.480 e. The van der Waals surface area contributed by atoms with E-state index in [1.165, 1.54) is 17.0 Å². The van der Waals surface area contributed by atoms with Crippen LogP contribution in [0.4, 0.5) is 10.1 Å². The second-order valence-electron chi connectivity index (χ2n) is 7.02. The van der Waals surface area contributed by atoms with Crippen LogP contribution in [0.15, 0.2) is 42.5 Å². The molecule has 0 aliphatic carbocycles. The van der Waals surface area contributed by atoms with Crippen LogP contribution in [0, 0.1) is 5.82 Å². The summed E-state index contributed by atoms with van der Waals surface area (Å²) >= 11 is 6.10. The van der Waals surface area contributed by atoms with Gasteiger partial charge in [-0.2, -0.15) is 0 Å². The third-order valence-corrected chi connectivity index (χ3v) is 4.83. The monoisotopic (exact) mass is 390 g/mol. The smallest absolute Gasteiger partial charge is 0.265 e. The van der Waals surface area contributed by atoms with Gasteiger partial charge in [-0.1, -0.05) is 43.6 Å². The molecule has 0 saturated carbocycles. The SMILES string of the molecule is CC(C)(CNC(=O)CN1C(=O)COc2c(Cl)cccc21)c1ccc(F)cc1. The van der Waals surface area contributed by atoms with E-state index < -0.39 is 0 Å². The fourth-order valence-electron chi connectivity index (χ4n) is 2.89. The van der Waals surface area contributed by atoms with Gasteiger partial charge in [-0.25, -0.2) is 4.39 Å². The van der Waals surface area contributed by atoms with E-state index in [1.807, 2.05) is 13.8 Å².